The van der Waals surface area contributed by atoms with E-state index in [1.807, 2.05) is 0 Å². The quantitative estimate of drug-likeness (QED) is 0.165. The van der Waals surface area contributed by atoms with E-state index in [9.17, 15) is 23.2 Å². The van der Waals surface area contributed by atoms with Crippen LogP contribution in [0.4, 0.5) is 8.78 Å². The van der Waals surface area contributed by atoms with Crippen molar-refractivity contribution in [1.29, 1.82) is 0 Å². The minimum absolute atomic E-state index is 0.0734. The third-order valence-corrected chi connectivity index (χ3v) is 5.87. The van der Waals surface area contributed by atoms with Crippen molar-refractivity contribution >= 4 is 29.8 Å². The lowest BCUT2D eigenvalue weighted by molar-refractivity contribution is -0.433. The monoisotopic (exact) mass is 396 g/mol. The molecular formula is C15H18F2O8S. The Bertz CT molecular complexity index is 584. The number of alkyl halides is 2. The van der Waals surface area contributed by atoms with Gasteiger partial charge in [-0.25, -0.2) is 10.1 Å². The molecule has 0 aliphatic heterocycles. The summed E-state index contributed by atoms with van der Waals surface area (Å²) in [6.07, 6.45) is 3.64. The zero-order valence-corrected chi connectivity index (χ0v) is 14.5. The zero-order valence-electron chi connectivity index (χ0n) is 13.7. The Kier molecular flexibility index (Phi) is 5.52. The first-order valence-corrected chi connectivity index (χ1v) is 8.95. The standard InChI is InChI=1S/C15H18F2O8S/c16-15(17,26-25-24-21)13(20)23-2-1-22-12(19)14-6-8-3-9(7-14)5-10(4-8)11(14)18/h8-10,21H,1-7H2. The second kappa shape index (κ2) is 7.37. The first-order valence-electron chi connectivity index (χ1n) is 8.21. The maximum atomic E-state index is 13.2. The van der Waals surface area contributed by atoms with Gasteiger partial charge in [-0.2, -0.15) is 8.78 Å². The van der Waals surface area contributed by atoms with Crippen LogP contribution in [0.3, 0.4) is 0 Å². The maximum absolute atomic E-state index is 13.2. The van der Waals surface area contributed by atoms with Crippen molar-refractivity contribution in [2.75, 3.05) is 13.2 Å². The molecule has 0 aromatic rings. The van der Waals surface area contributed by atoms with Crippen molar-refractivity contribution in [2.45, 2.75) is 37.4 Å². The molecule has 0 aromatic carbocycles. The first kappa shape index (κ1) is 19.5. The molecule has 146 valence electrons. The van der Waals surface area contributed by atoms with Crippen molar-refractivity contribution in [3.63, 3.8) is 0 Å². The first-order chi connectivity index (χ1) is 12.3. The van der Waals surface area contributed by atoms with Gasteiger partial charge < -0.3 is 9.47 Å². The van der Waals surface area contributed by atoms with E-state index in [1.54, 1.807) is 0 Å². The van der Waals surface area contributed by atoms with Crippen LogP contribution in [-0.2, 0) is 33.2 Å². The summed E-state index contributed by atoms with van der Waals surface area (Å²) in [6, 6.07) is 0. The van der Waals surface area contributed by atoms with Gasteiger partial charge in [-0.05, 0) is 43.9 Å². The predicted octanol–water partition coefficient (Wildman–Crippen LogP) is 2.13. The van der Waals surface area contributed by atoms with E-state index >= 15 is 0 Å². The third kappa shape index (κ3) is 3.57. The Morgan fingerprint density at radius 2 is 1.77 bits per heavy atom. The second-order valence-electron chi connectivity index (χ2n) is 7.01. The van der Waals surface area contributed by atoms with Gasteiger partial charge in [-0.1, -0.05) is 5.04 Å². The van der Waals surface area contributed by atoms with Crippen LogP contribution in [-0.4, -0.2) is 41.4 Å². The van der Waals surface area contributed by atoms with E-state index in [0.29, 0.717) is 24.7 Å². The van der Waals surface area contributed by atoms with Gasteiger partial charge in [-0.15, -0.1) is 4.33 Å². The lowest BCUT2D eigenvalue weighted by Gasteiger charge is -2.53. The SMILES string of the molecule is O=C(OCCOC(=O)C12CC3CC(CC(C3)C1=O)C2)C(F)(F)SOOO. The fourth-order valence-corrected chi connectivity index (χ4v) is 4.87. The van der Waals surface area contributed by atoms with Crippen molar-refractivity contribution in [2.24, 2.45) is 23.2 Å². The van der Waals surface area contributed by atoms with Gasteiger partial charge in [0.1, 0.15) is 30.7 Å². The fraction of sp³-hybridized carbons (Fsp3) is 0.800. The predicted molar refractivity (Wildman–Crippen MR) is 80.2 cm³/mol. The van der Waals surface area contributed by atoms with Crippen LogP contribution in [0.25, 0.3) is 0 Å². The number of Topliss-reactive ketones (excluding diaryl/α,β-unsaturated/α-hetero) is 1. The Hall–Kier alpha value is -1.30. The maximum Gasteiger partial charge on any atom is 0.415 e. The fourth-order valence-electron chi connectivity index (χ4n) is 4.62. The van der Waals surface area contributed by atoms with Crippen LogP contribution in [0, 0.1) is 23.2 Å². The highest BCUT2D eigenvalue weighted by atomic mass is 32.2. The van der Waals surface area contributed by atoms with Crippen LogP contribution < -0.4 is 0 Å². The molecule has 4 bridgehead atoms. The molecule has 4 aliphatic carbocycles. The smallest absolute Gasteiger partial charge is 0.415 e. The van der Waals surface area contributed by atoms with Gasteiger partial charge >= 0.3 is 17.2 Å². The number of rotatable bonds is 8. The van der Waals surface area contributed by atoms with E-state index in [-0.39, 0.29) is 11.7 Å². The van der Waals surface area contributed by atoms with Gasteiger partial charge in [0.05, 0.1) is 0 Å². The second-order valence-corrected chi connectivity index (χ2v) is 7.82. The van der Waals surface area contributed by atoms with E-state index in [4.69, 9.17) is 9.99 Å². The molecule has 0 spiro atoms. The van der Waals surface area contributed by atoms with Gasteiger partial charge in [-0.3, -0.25) is 9.59 Å². The van der Waals surface area contributed by atoms with Crippen LogP contribution >= 0.6 is 12.0 Å². The van der Waals surface area contributed by atoms with Gasteiger partial charge in [0.15, 0.2) is 5.78 Å². The molecule has 11 heteroatoms. The van der Waals surface area contributed by atoms with Crippen LogP contribution in [0.5, 0.6) is 0 Å². The largest absolute Gasteiger partial charge is 0.461 e. The summed E-state index contributed by atoms with van der Waals surface area (Å²) in [6.45, 7) is -1.03. The molecule has 8 nitrogen and oxygen atoms in total. The number of carbonyl (C=O) groups is 3. The molecule has 0 amide bonds. The number of halogens is 2. The summed E-state index contributed by atoms with van der Waals surface area (Å²) in [5, 5.41) is 6.69. The molecule has 0 heterocycles. The molecule has 2 atom stereocenters. The number of hydrogen-bond acceptors (Lipinski definition) is 9. The summed E-state index contributed by atoms with van der Waals surface area (Å²) < 4.78 is 39.2. The van der Waals surface area contributed by atoms with E-state index in [0.717, 1.165) is 19.3 Å². The summed E-state index contributed by atoms with van der Waals surface area (Å²) in [5.74, 6) is -2.07. The van der Waals surface area contributed by atoms with Crippen LogP contribution in [0.1, 0.15) is 32.1 Å². The number of carbonyl (C=O) groups excluding carboxylic acids is 3. The Morgan fingerprint density at radius 3 is 2.38 bits per heavy atom. The van der Waals surface area contributed by atoms with Crippen LogP contribution in [0.2, 0.25) is 0 Å². The molecule has 0 aromatic heterocycles. The summed E-state index contributed by atoms with van der Waals surface area (Å²) >= 11 is -0.742. The molecule has 4 fully saturated rings. The molecular weight excluding hydrogens is 378 g/mol. The van der Waals surface area contributed by atoms with Gasteiger partial charge in [0.25, 0.3) is 0 Å². The Labute approximate surface area is 151 Å². The number of ether oxygens (including phenoxy) is 2. The highest BCUT2D eigenvalue weighted by molar-refractivity contribution is 7.96. The van der Waals surface area contributed by atoms with Gasteiger partial charge in [0.2, 0.25) is 0 Å². The molecule has 26 heavy (non-hydrogen) atoms. The lowest BCUT2D eigenvalue weighted by atomic mass is 9.49. The molecule has 1 N–H and O–H groups in total. The molecule has 4 saturated carbocycles. The average Bonchev–Trinajstić information content (AvgIpc) is 2.60. The van der Waals surface area contributed by atoms with Crippen molar-refractivity contribution in [1.82, 2.24) is 0 Å². The Balaban J connectivity index is 1.47. The average molecular weight is 396 g/mol. The minimum atomic E-state index is -4.11. The van der Waals surface area contributed by atoms with Gasteiger partial charge in [0, 0.05) is 5.92 Å². The van der Waals surface area contributed by atoms with Crippen molar-refractivity contribution in [3.05, 3.63) is 0 Å². The highest BCUT2D eigenvalue weighted by Gasteiger charge is 2.61. The number of hydrogen-bond donors (Lipinski definition) is 1. The molecule has 0 radical (unpaired) electrons. The van der Waals surface area contributed by atoms with E-state index < -0.39 is 47.9 Å². The topological polar surface area (TPSA) is 108 Å². The number of ketones is 1. The number of esters is 2. The minimum Gasteiger partial charge on any atom is -0.461 e. The Morgan fingerprint density at radius 1 is 1.15 bits per heavy atom. The highest BCUT2D eigenvalue weighted by Crippen LogP contribution is 2.58. The van der Waals surface area contributed by atoms with E-state index in [1.165, 1.54) is 0 Å². The molecule has 0 saturated heterocycles. The molecule has 4 aliphatic rings. The summed E-state index contributed by atoms with van der Waals surface area (Å²) in [5.41, 5.74) is -1.12. The lowest BCUT2D eigenvalue weighted by Crippen LogP contribution is -2.57. The van der Waals surface area contributed by atoms with E-state index in [2.05, 4.69) is 14.1 Å². The normalized spacial score (nSPS) is 32.6. The van der Waals surface area contributed by atoms with Crippen molar-refractivity contribution in [3.8, 4) is 0 Å². The summed E-state index contributed by atoms with van der Waals surface area (Å²) in [4.78, 5) is 36.2. The zero-order chi connectivity index (χ0) is 18.9. The van der Waals surface area contributed by atoms with Crippen molar-refractivity contribution < 1.29 is 47.3 Å². The van der Waals surface area contributed by atoms with Crippen LogP contribution in [0.15, 0.2) is 0 Å². The summed E-state index contributed by atoms with van der Waals surface area (Å²) in [7, 11) is 0. The third-order valence-electron chi connectivity index (χ3n) is 5.37. The molecule has 4 rings (SSSR count). The molecule has 2 unspecified atom stereocenters.